The van der Waals surface area contributed by atoms with Gasteiger partial charge in [-0.15, -0.1) is 0 Å². The van der Waals surface area contributed by atoms with E-state index in [2.05, 4.69) is 21.2 Å². The fourth-order valence-electron chi connectivity index (χ4n) is 1.14. The number of nitrogens with one attached hydrogen (secondary N) is 1. The zero-order valence-corrected chi connectivity index (χ0v) is 11.9. The second-order valence-electron chi connectivity index (χ2n) is 4.15. The predicted octanol–water partition coefficient (Wildman–Crippen LogP) is 4.33. The Morgan fingerprint density at radius 2 is 2.00 bits per heavy atom. The number of carbonyl (C=O) groups is 1. The third kappa shape index (κ3) is 3.49. The highest BCUT2D eigenvalue weighted by Gasteiger charge is 2.17. The van der Waals surface area contributed by atoms with Crippen molar-refractivity contribution in [3.05, 3.63) is 27.7 Å². The highest BCUT2D eigenvalue weighted by molar-refractivity contribution is 9.10. The van der Waals surface area contributed by atoms with Crippen LogP contribution in [0.4, 0.5) is 5.69 Å². The molecule has 0 spiro atoms. The average molecular weight is 305 g/mol. The summed E-state index contributed by atoms with van der Waals surface area (Å²) in [5, 5.41) is 3.47. The Hall–Kier alpha value is -0.540. The Labute approximate surface area is 110 Å². The van der Waals surface area contributed by atoms with Crippen LogP contribution in [0.1, 0.15) is 20.8 Å². The molecule has 0 aliphatic heterocycles. The quantitative estimate of drug-likeness (QED) is 0.884. The van der Waals surface area contributed by atoms with Crippen LogP contribution in [0.5, 0.6) is 0 Å². The molecule has 2 nitrogen and oxygen atoms in total. The zero-order valence-electron chi connectivity index (χ0n) is 9.55. The molecule has 0 heterocycles. The van der Waals surface area contributed by atoms with Crippen LogP contribution in [0.2, 0.25) is 5.02 Å². The van der Waals surface area contributed by atoms with Gasteiger partial charge in [-0.25, -0.2) is 0 Å². The molecule has 88 valence electrons. The summed E-state index contributed by atoms with van der Waals surface area (Å²) < 4.78 is 0.834. The molecule has 1 unspecified atom stereocenters. The van der Waals surface area contributed by atoms with Crippen molar-refractivity contribution >= 4 is 39.1 Å². The summed E-state index contributed by atoms with van der Waals surface area (Å²) in [6.45, 7) is 5.97. The number of rotatable bonds is 3. The maximum atomic E-state index is 11.8. The SMILES string of the molecule is CC(C)C(C)C(=O)Nc1cc(Cl)ccc1Br. The molecule has 1 amide bonds. The molecular weight excluding hydrogens is 289 g/mol. The summed E-state index contributed by atoms with van der Waals surface area (Å²) in [5.74, 6) is 0.307. The van der Waals surface area contributed by atoms with E-state index < -0.39 is 0 Å². The van der Waals surface area contributed by atoms with E-state index in [1.165, 1.54) is 0 Å². The molecule has 1 aromatic rings. The third-order valence-corrected chi connectivity index (χ3v) is 3.53. The molecule has 0 aromatic heterocycles. The Morgan fingerprint density at radius 1 is 1.38 bits per heavy atom. The smallest absolute Gasteiger partial charge is 0.227 e. The lowest BCUT2D eigenvalue weighted by molar-refractivity contribution is -0.120. The second kappa shape index (κ2) is 5.69. The van der Waals surface area contributed by atoms with Gasteiger partial charge in [-0.1, -0.05) is 32.4 Å². The molecule has 0 aliphatic rings. The number of benzene rings is 1. The molecule has 0 aliphatic carbocycles. The highest BCUT2D eigenvalue weighted by atomic mass is 79.9. The molecule has 16 heavy (non-hydrogen) atoms. The molecule has 0 fully saturated rings. The Morgan fingerprint density at radius 3 is 2.56 bits per heavy atom. The van der Waals surface area contributed by atoms with E-state index in [1.54, 1.807) is 12.1 Å². The van der Waals surface area contributed by atoms with E-state index in [0.717, 1.165) is 4.47 Å². The maximum Gasteiger partial charge on any atom is 0.227 e. The van der Waals surface area contributed by atoms with Gasteiger partial charge in [-0.3, -0.25) is 4.79 Å². The Kier molecular flexibility index (Phi) is 4.81. The first kappa shape index (κ1) is 13.5. The number of hydrogen-bond acceptors (Lipinski definition) is 1. The van der Waals surface area contributed by atoms with E-state index in [9.17, 15) is 4.79 Å². The number of hydrogen-bond donors (Lipinski definition) is 1. The normalized spacial score (nSPS) is 12.6. The van der Waals surface area contributed by atoms with Crippen LogP contribution >= 0.6 is 27.5 Å². The molecule has 4 heteroatoms. The van der Waals surface area contributed by atoms with Gasteiger partial charge in [-0.2, -0.15) is 0 Å². The van der Waals surface area contributed by atoms with E-state index in [-0.39, 0.29) is 11.8 Å². The summed E-state index contributed by atoms with van der Waals surface area (Å²) in [5.41, 5.74) is 0.713. The Bertz CT molecular complexity index is 393. The lowest BCUT2D eigenvalue weighted by Gasteiger charge is -2.16. The minimum atomic E-state index is -0.0223. The summed E-state index contributed by atoms with van der Waals surface area (Å²) in [7, 11) is 0. The zero-order chi connectivity index (χ0) is 12.3. The molecule has 1 atom stereocenters. The summed E-state index contributed by atoms with van der Waals surface area (Å²) >= 11 is 9.24. The van der Waals surface area contributed by atoms with Gasteiger partial charge in [0.1, 0.15) is 0 Å². The van der Waals surface area contributed by atoms with Crippen molar-refractivity contribution in [2.75, 3.05) is 5.32 Å². The standard InChI is InChI=1S/C12H15BrClNO/c1-7(2)8(3)12(16)15-11-6-9(14)4-5-10(11)13/h4-8H,1-3H3,(H,15,16). The van der Waals surface area contributed by atoms with E-state index in [0.29, 0.717) is 16.6 Å². The fourth-order valence-corrected chi connectivity index (χ4v) is 1.66. The van der Waals surface area contributed by atoms with Crippen LogP contribution in [0.25, 0.3) is 0 Å². The van der Waals surface area contributed by atoms with Crippen molar-refractivity contribution in [1.82, 2.24) is 0 Å². The van der Waals surface area contributed by atoms with Crippen molar-refractivity contribution in [2.45, 2.75) is 20.8 Å². The van der Waals surface area contributed by atoms with Crippen molar-refractivity contribution in [3.8, 4) is 0 Å². The van der Waals surface area contributed by atoms with Gasteiger partial charge >= 0.3 is 0 Å². The van der Waals surface area contributed by atoms with Crippen LogP contribution in [0.15, 0.2) is 22.7 Å². The van der Waals surface area contributed by atoms with Crippen LogP contribution in [0.3, 0.4) is 0 Å². The van der Waals surface area contributed by atoms with Gasteiger partial charge < -0.3 is 5.32 Å². The first-order valence-electron chi connectivity index (χ1n) is 5.17. The van der Waals surface area contributed by atoms with Crippen molar-refractivity contribution in [3.63, 3.8) is 0 Å². The second-order valence-corrected chi connectivity index (χ2v) is 5.44. The topological polar surface area (TPSA) is 29.1 Å². The van der Waals surface area contributed by atoms with Crippen LogP contribution in [-0.4, -0.2) is 5.91 Å². The fraction of sp³-hybridized carbons (Fsp3) is 0.417. The lowest BCUT2D eigenvalue weighted by atomic mass is 9.97. The van der Waals surface area contributed by atoms with Gasteiger partial charge in [0.25, 0.3) is 0 Å². The minimum Gasteiger partial charge on any atom is -0.325 e. The van der Waals surface area contributed by atoms with Crippen molar-refractivity contribution < 1.29 is 4.79 Å². The molecule has 0 bridgehead atoms. The first-order valence-corrected chi connectivity index (χ1v) is 6.35. The molecule has 1 N–H and O–H groups in total. The van der Waals surface area contributed by atoms with Crippen molar-refractivity contribution in [2.24, 2.45) is 11.8 Å². The molecule has 1 rings (SSSR count). The summed E-state index contributed by atoms with van der Waals surface area (Å²) in [6.07, 6.45) is 0. The van der Waals surface area contributed by atoms with Crippen molar-refractivity contribution in [1.29, 1.82) is 0 Å². The van der Waals surface area contributed by atoms with Crippen LogP contribution < -0.4 is 5.32 Å². The molecular formula is C12H15BrClNO. The van der Waals surface area contributed by atoms with Gasteiger partial charge in [0.15, 0.2) is 0 Å². The van der Waals surface area contributed by atoms with E-state index in [1.807, 2.05) is 26.8 Å². The maximum absolute atomic E-state index is 11.8. The predicted molar refractivity (Wildman–Crippen MR) is 71.8 cm³/mol. The molecule has 1 aromatic carbocycles. The number of halogens is 2. The average Bonchev–Trinajstić information content (AvgIpc) is 2.22. The summed E-state index contributed by atoms with van der Waals surface area (Å²) in [4.78, 5) is 11.8. The van der Waals surface area contributed by atoms with Gasteiger partial charge in [-0.05, 0) is 40.0 Å². The first-order chi connectivity index (χ1) is 7.41. The number of amides is 1. The molecule has 0 saturated heterocycles. The van der Waals surface area contributed by atoms with Gasteiger partial charge in [0, 0.05) is 15.4 Å². The van der Waals surface area contributed by atoms with E-state index in [4.69, 9.17) is 11.6 Å². The number of anilines is 1. The van der Waals surface area contributed by atoms with Gasteiger partial charge in [0.2, 0.25) is 5.91 Å². The molecule has 0 radical (unpaired) electrons. The minimum absolute atomic E-state index is 0.0120. The largest absolute Gasteiger partial charge is 0.325 e. The van der Waals surface area contributed by atoms with Crippen LogP contribution in [0, 0.1) is 11.8 Å². The lowest BCUT2D eigenvalue weighted by Crippen LogP contribution is -2.24. The monoisotopic (exact) mass is 303 g/mol. The molecule has 0 saturated carbocycles. The van der Waals surface area contributed by atoms with Crippen LogP contribution in [-0.2, 0) is 4.79 Å². The number of carbonyl (C=O) groups excluding carboxylic acids is 1. The highest BCUT2D eigenvalue weighted by Crippen LogP contribution is 2.26. The van der Waals surface area contributed by atoms with E-state index >= 15 is 0 Å². The Balaban J connectivity index is 2.80. The van der Waals surface area contributed by atoms with Gasteiger partial charge in [0.05, 0.1) is 5.69 Å². The summed E-state index contributed by atoms with van der Waals surface area (Å²) in [6, 6.07) is 5.32. The third-order valence-electron chi connectivity index (χ3n) is 2.60.